The highest BCUT2D eigenvalue weighted by Crippen LogP contribution is 2.15. The van der Waals surface area contributed by atoms with Gasteiger partial charge in [-0.05, 0) is 59.9 Å². The molecule has 5 heteroatoms. The lowest BCUT2D eigenvalue weighted by atomic mass is 9.99. The van der Waals surface area contributed by atoms with Crippen molar-refractivity contribution in [2.24, 2.45) is 5.92 Å². The number of rotatable bonds is 4. The zero-order chi connectivity index (χ0) is 13.7. The topological polar surface area (TPSA) is 45.2 Å². The summed E-state index contributed by atoms with van der Waals surface area (Å²) in [4.78, 5) is 18.4. The van der Waals surface area contributed by atoms with Crippen molar-refractivity contribution in [1.82, 2.24) is 15.2 Å². The Hall–Kier alpha value is -0.940. The van der Waals surface area contributed by atoms with Crippen LogP contribution in [-0.2, 0) is 0 Å². The Labute approximate surface area is 122 Å². The van der Waals surface area contributed by atoms with Gasteiger partial charge in [0.15, 0.2) is 0 Å². The van der Waals surface area contributed by atoms with Crippen LogP contribution < -0.4 is 5.32 Å². The second-order valence-corrected chi connectivity index (χ2v) is 5.97. The van der Waals surface area contributed by atoms with Crippen LogP contribution in [0.5, 0.6) is 0 Å². The molecule has 2 rings (SSSR count). The lowest BCUT2D eigenvalue weighted by Crippen LogP contribution is -2.39. The SMILES string of the molecule is CC1CCN(CCNC(=O)c2ncccc2Br)CC1. The molecule has 2 heterocycles. The highest BCUT2D eigenvalue weighted by molar-refractivity contribution is 9.10. The minimum Gasteiger partial charge on any atom is -0.349 e. The Kier molecular flexibility index (Phi) is 5.34. The highest BCUT2D eigenvalue weighted by Gasteiger charge is 2.16. The van der Waals surface area contributed by atoms with Gasteiger partial charge in [-0.25, -0.2) is 4.98 Å². The van der Waals surface area contributed by atoms with Gasteiger partial charge in [0.1, 0.15) is 5.69 Å². The van der Waals surface area contributed by atoms with Crippen molar-refractivity contribution in [3.63, 3.8) is 0 Å². The molecule has 1 aliphatic rings. The first kappa shape index (κ1) is 14.5. The lowest BCUT2D eigenvalue weighted by molar-refractivity contribution is 0.0938. The number of halogens is 1. The first-order valence-corrected chi connectivity index (χ1v) is 7.57. The summed E-state index contributed by atoms with van der Waals surface area (Å²) in [5.74, 6) is 0.730. The number of pyridine rings is 1. The average molecular weight is 326 g/mol. The Morgan fingerprint density at radius 3 is 2.95 bits per heavy atom. The molecule has 0 atom stereocenters. The molecule has 1 N–H and O–H groups in total. The molecule has 0 saturated carbocycles. The van der Waals surface area contributed by atoms with E-state index in [1.807, 2.05) is 6.07 Å². The maximum absolute atomic E-state index is 11.9. The van der Waals surface area contributed by atoms with Crippen LogP contribution in [0, 0.1) is 5.92 Å². The Balaban J connectivity index is 1.74. The van der Waals surface area contributed by atoms with Gasteiger partial charge >= 0.3 is 0 Å². The molecular formula is C14H20BrN3O. The van der Waals surface area contributed by atoms with E-state index in [2.05, 4.69) is 38.1 Å². The molecule has 1 amide bonds. The minimum atomic E-state index is -0.113. The third kappa shape index (κ3) is 4.28. The van der Waals surface area contributed by atoms with Crippen LogP contribution in [0.25, 0.3) is 0 Å². The number of hydrogen-bond acceptors (Lipinski definition) is 3. The number of aromatic nitrogens is 1. The van der Waals surface area contributed by atoms with Crippen LogP contribution >= 0.6 is 15.9 Å². The first-order chi connectivity index (χ1) is 9.16. The van der Waals surface area contributed by atoms with E-state index in [0.717, 1.165) is 30.0 Å². The standard InChI is InChI=1S/C14H20BrN3O/c1-11-4-8-18(9-5-11)10-7-17-14(19)13-12(15)3-2-6-16-13/h2-3,6,11H,4-5,7-10H2,1H3,(H,17,19). The van der Waals surface area contributed by atoms with Crippen LogP contribution in [0.2, 0.25) is 0 Å². The normalized spacial score (nSPS) is 17.4. The summed E-state index contributed by atoms with van der Waals surface area (Å²) in [5.41, 5.74) is 0.453. The van der Waals surface area contributed by atoms with Crippen molar-refractivity contribution in [2.75, 3.05) is 26.2 Å². The fraction of sp³-hybridized carbons (Fsp3) is 0.571. The summed E-state index contributed by atoms with van der Waals surface area (Å²) in [5, 5.41) is 2.93. The predicted octanol–water partition coefficient (Wildman–Crippen LogP) is 2.31. The van der Waals surface area contributed by atoms with Gasteiger partial charge in [-0.15, -0.1) is 0 Å². The molecule has 0 bridgehead atoms. The number of nitrogens with one attached hydrogen (secondary N) is 1. The number of amides is 1. The third-order valence-electron chi connectivity index (χ3n) is 3.56. The van der Waals surface area contributed by atoms with Gasteiger partial charge in [0, 0.05) is 23.8 Å². The van der Waals surface area contributed by atoms with E-state index < -0.39 is 0 Å². The van der Waals surface area contributed by atoms with E-state index in [1.54, 1.807) is 12.3 Å². The van der Waals surface area contributed by atoms with Gasteiger partial charge in [-0.2, -0.15) is 0 Å². The molecule has 1 saturated heterocycles. The number of carbonyl (C=O) groups is 1. The maximum Gasteiger partial charge on any atom is 0.271 e. The quantitative estimate of drug-likeness (QED) is 0.923. The fourth-order valence-electron chi connectivity index (χ4n) is 2.25. The van der Waals surface area contributed by atoms with E-state index in [9.17, 15) is 4.79 Å². The Morgan fingerprint density at radius 1 is 1.53 bits per heavy atom. The monoisotopic (exact) mass is 325 g/mol. The largest absolute Gasteiger partial charge is 0.349 e. The molecule has 1 aromatic rings. The van der Waals surface area contributed by atoms with Gasteiger partial charge in [0.05, 0.1) is 0 Å². The minimum absolute atomic E-state index is 0.113. The number of carbonyl (C=O) groups excluding carboxylic acids is 1. The van der Waals surface area contributed by atoms with Crippen LogP contribution in [-0.4, -0.2) is 42.0 Å². The van der Waals surface area contributed by atoms with Crippen molar-refractivity contribution < 1.29 is 4.79 Å². The van der Waals surface area contributed by atoms with Crippen molar-refractivity contribution in [2.45, 2.75) is 19.8 Å². The first-order valence-electron chi connectivity index (χ1n) is 6.78. The molecule has 19 heavy (non-hydrogen) atoms. The summed E-state index contributed by atoms with van der Waals surface area (Å²) in [6.07, 6.45) is 4.16. The van der Waals surface area contributed by atoms with E-state index in [1.165, 1.54) is 12.8 Å². The zero-order valence-electron chi connectivity index (χ0n) is 11.2. The molecule has 4 nitrogen and oxygen atoms in total. The molecule has 0 unspecified atom stereocenters. The summed E-state index contributed by atoms with van der Waals surface area (Å²) in [6, 6.07) is 3.63. The molecule has 1 fully saturated rings. The van der Waals surface area contributed by atoms with Gasteiger partial charge in [-0.3, -0.25) is 4.79 Å². The second kappa shape index (κ2) is 7.01. The average Bonchev–Trinajstić information content (AvgIpc) is 2.41. The van der Waals surface area contributed by atoms with E-state index >= 15 is 0 Å². The number of hydrogen-bond donors (Lipinski definition) is 1. The zero-order valence-corrected chi connectivity index (χ0v) is 12.8. The Morgan fingerprint density at radius 2 is 2.26 bits per heavy atom. The fourth-order valence-corrected chi connectivity index (χ4v) is 2.68. The molecule has 104 valence electrons. The summed E-state index contributed by atoms with van der Waals surface area (Å²) in [6.45, 7) is 6.19. The van der Waals surface area contributed by atoms with Crippen molar-refractivity contribution in [3.05, 3.63) is 28.5 Å². The number of nitrogens with zero attached hydrogens (tertiary/aromatic N) is 2. The third-order valence-corrected chi connectivity index (χ3v) is 4.20. The van der Waals surface area contributed by atoms with Crippen molar-refractivity contribution in [1.29, 1.82) is 0 Å². The molecule has 0 spiro atoms. The highest BCUT2D eigenvalue weighted by atomic mass is 79.9. The molecule has 0 radical (unpaired) electrons. The van der Waals surface area contributed by atoms with Gasteiger partial charge in [0.25, 0.3) is 5.91 Å². The molecule has 0 aromatic carbocycles. The van der Waals surface area contributed by atoms with Gasteiger partial charge in [0.2, 0.25) is 0 Å². The van der Waals surface area contributed by atoms with E-state index in [0.29, 0.717) is 12.2 Å². The molecular weight excluding hydrogens is 306 g/mol. The van der Waals surface area contributed by atoms with Crippen molar-refractivity contribution >= 4 is 21.8 Å². The van der Waals surface area contributed by atoms with Crippen molar-refractivity contribution in [3.8, 4) is 0 Å². The Bertz CT molecular complexity index is 430. The molecule has 1 aromatic heterocycles. The summed E-state index contributed by atoms with van der Waals surface area (Å²) >= 11 is 3.34. The number of likely N-dealkylation sites (tertiary alicyclic amines) is 1. The van der Waals surface area contributed by atoms with Gasteiger partial charge < -0.3 is 10.2 Å². The van der Waals surface area contributed by atoms with Crippen LogP contribution in [0.3, 0.4) is 0 Å². The maximum atomic E-state index is 11.9. The molecule has 0 aliphatic carbocycles. The number of piperidine rings is 1. The molecule has 1 aliphatic heterocycles. The second-order valence-electron chi connectivity index (χ2n) is 5.11. The van der Waals surface area contributed by atoms with Gasteiger partial charge in [-0.1, -0.05) is 6.92 Å². The smallest absolute Gasteiger partial charge is 0.271 e. The summed E-state index contributed by atoms with van der Waals surface area (Å²) in [7, 11) is 0. The summed E-state index contributed by atoms with van der Waals surface area (Å²) < 4.78 is 0.735. The van der Waals surface area contributed by atoms with E-state index in [-0.39, 0.29) is 5.91 Å². The lowest BCUT2D eigenvalue weighted by Gasteiger charge is -2.30. The van der Waals surface area contributed by atoms with Crippen LogP contribution in [0.1, 0.15) is 30.3 Å². The van der Waals surface area contributed by atoms with Crippen LogP contribution in [0.15, 0.2) is 22.8 Å². The predicted molar refractivity (Wildman–Crippen MR) is 79.1 cm³/mol. The van der Waals surface area contributed by atoms with Crippen LogP contribution in [0.4, 0.5) is 0 Å². The van der Waals surface area contributed by atoms with E-state index in [4.69, 9.17) is 0 Å².